The highest BCUT2D eigenvalue weighted by molar-refractivity contribution is 4.89. The van der Waals surface area contributed by atoms with Crippen LogP contribution in [0.5, 0.6) is 0 Å². The van der Waals surface area contributed by atoms with Gasteiger partial charge in [-0.05, 0) is 39.0 Å². The lowest BCUT2D eigenvalue weighted by atomic mass is 9.93. The third kappa shape index (κ3) is 2.27. The summed E-state index contributed by atoms with van der Waals surface area (Å²) in [7, 11) is 0. The van der Waals surface area contributed by atoms with Crippen molar-refractivity contribution >= 4 is 0 Å². The van der Waals surface area contributed by atoms with Crippen LogP contribution in [0.15, 0.2) is 0 Å². The molecule has 0 bridgehead atoms. The van der Waals surface area contributed by atoms with Gasteiger partial charge in [-0.1, -0.05) is 0 Å². The minimum Gasteiger partial charge on any atom is -0.390 e. The van der Waals surface area contributed by atoms with E-state index in [0.29, 0.717) is 12.1 Å². The summed E-state index contributed by atoms with van der Waals surface area (Å²) in [5.74, 6) is 0. The Hall–Kier alpha value is -0.120. The fourth-order valence-electron chi connectivity index (χ4n) is 2.69. The van der Waals surface area contributed by atoms with Gasteiger partial charge in [0.05, 0.1) is 5.60 Å². The highest BCUT2D eigenvalue weighted by Gasteiger charge is 2.33. The SMILES string of the molecule is CC1(O)CCN(C2CCC(N)C2)CC1. The first kappa shape index (κ1) is 10.4. The lowest BCUT2D eigenvalue weighted by Gasteiger charge is -2.39. The predicted octanol–water partition coefficient (Wildman–Crippen LogP) is 0.713. The van der Waals surface area contributed by atoms with Gasteiger partial charge in [-0.3, -0.25) is 0 Å². The topological polar surface area (TPSA) is 49.5 Å². The van der Waals surface area contributed by atoms with Gasteiger partial charge in [-0.2, -0.15) is 0 Å². The Morgan fingerprint density at radius 1 is 1.29 bits per heavy atom. The molecule has 1 heterocycles. The van der Waals surface area contributed by atoms with E-state index in [4.69, 9.17) is 5.73 Å². The third-order valence-corrected chi connectivity index (χ3v) is 3.84. The van der Waals surface area contributed by atoms with Gasteiger partial charge < -0.3 is 15.7 Å². The number of nitrogens with two attached hydrogens (primary N) is 1. The van der Waals surface area contributed by atoms with Crippen molar-refractivity contribution < 1.29 is 5.11 Å². The van der Waals surface area contributed by atoms with Crippen molar-refractivity contribution in [3.8, 4) is 0 Å². The van der Waals surface area contributed by atoms with E-state index < -0.39 is 5.60 Å². The fourth-order valence-corrected chi connectivity index (χ4v) is 2.69. The Morgan fingerprint density at radius 2 is 1.93 bits per heavy atom. The van der Waals surface area contributed by atoms with Crippen molar-refractivity contribution in [2.45, 2.75) is 56.7 Å². The van der Waals surface area contributed by atoms with Gasteiger partial charge in [-0.15, -0.1) is 0 Å². The summed E-state index contributed by atoms with van der Waals surface area (Å²) in [6, 6.07) is 1.11. The summed E-state index contributed by atoms with van der Waals surface area (Å²) >= 11 is 0. The monoisotopic (exact) mass is 198 g/mol. The second-order valence-corrected chi connectivity index (χ2v) is 5.26. The molecule has 82 valence electrons. The van der Waals surface area contributed by atoms with E-state index in [-0.39, 0.29) is 0 Å². The van der Waals surface area contributed by atoms with Gasteiger partial charge in [0.1, 0.15) is 0 Å². The highest BCUT2D eigenvalue weighted by Crippen LogP contribution is 2.28. The number of hydrogen-bond acceptors (Lipinski definition) is 3. The van der Waals surface area contributed by atoms with E-state index >= 15 is 0 Å². The molecular weight excluding hydrogens is 176 g/mol. The second kappa shape index (κ2) is 3.80. The Labute approximate surface area is 86.3 Å². The lowest BCUT2D eigenvalue weighted by Crippen LogP contribution is -2.46. The molecule has 1 aliphatic heterocycles. The number of rotatable bonds is 1. The molecule has 1 aliphatic carbocycles. The molecule has 2 atom stereocenters. The quantitative estimate of drug-likeness (QED) is 0.652. The maximum absolute atomic E-state index is 9.84. The van der Waals surface area contributed by atoms with Crippen LogP contribution >= 0.6 is 0 Å². The summed E-state index contributed by atoms with van der Waals surface area (Å²) in [4.78, 5) is 2.52. The van der Waals surface area contributed by atoms with E-state index in [2.05, 4.69) is 4.90 Å². The van der Waals surface area contributed by atoms with Crippen LogP contribution in [0, 0.1) is 0 Å². The molecule has 14 heavy (non-hydrogen) atoms. The molecule has 1 saturated carbocycles. The van der Waals surface area contributed by atoms with Crippen LogP contribution in [0.1, 0.15) is 39.0 Å². The molecule has 0 aromatic rings. The average Bonchev–Trinajstić information content (AvgIpc) is 2.52. The molecule has 3 heteroatoms. The molecule has 2 rings (SSSR count). The van der Waals surface area contributed by atoms with Gasteiger partial charge in [0.25, 0.3) is 0 Å². The van der Waals surface area contributed by atoms with Gasteiger partial charge >= 0.3 is 0 Å². The zero-order chi connectivity index (χ0) is 10.2. The maximum atomic E-state index is 9.84. The molecule has 0 aromatic heterocycles. The molecule has 1 saturated heterocycles. The summed E-state index contributed by atoms with van der Waals surface area (Å²) in [6.45, 7) is 4.04. The normalized spacial score (nSPS) is 38.8. The first-order valence-electron chi connectivity index (χ1n) is 5.79. The summed E-state index contributed by atoms with van der Waals surface area (Å²) in [6.07, 6.45) is 5.42. The molecule has 2 aliphatic rings. The molecular formula is C11H22N2O. The Morgan fingerprint density at radius 3 is 2.43 bits per heavy atom. The number of aliphatic hydroxyl groups is 1. The van der Waals surface area contributed by atoms with Gasteiger partial charge in [0, 0.05) is 25.2 Å². The predicted molar refractivity (Wildman–Crippen MR) is 57.0 cm³/mol. The molecule has 0 aromatic carbocycles. The van der Waals surface area contributed by atoms with Crippen molar-refractivity contribution in [2.24, 2.45) is 5.73 Å². The second-order valence-electron chi connectivity index (χ2n) is 5.26. The molecule has 0 radical (unpaired) electrons. The van der Waals surface area contributed by atoms with Crippen LogP contribution < -0.4 is 5.73 Å². The Balaban J connectivity index is 1.83. The highest BCUT2D eigenvalue weighted by atomic mass is 16.3. The van der Waals surface area contributed by atoms with E-state index in [0.717, 1.165) is 32.4 Å². The minimum absolute atomic E-state index is 0.419. The van der Waals surface area contributed by atoms with Crippen molar-refractivity contribution in [3.63, 3.8) is 0 Å². The molecule has 3 N–H and O–H groups in total. The van der Waals surface area contributed by atoms with Gasteiger partial charge in [-0.25, -0.2) is 0 Å². The largest absolute Gasteiger partial charge is 0.390 e. The van der Waals surface area contributed by atoms with E-state index in [1.807, 2.05) is 6.92 Å². The van der Waals surface area contributed by atoms with Crippen molar-refractivity contribution in [1.29, 1.82) is 0 Å². The van der Waals surface area contributed by atoms with E-state index in [9.17, 15) is 5.11 Å². The standard InChI is InChI=1S/C11H22N2O/c1-11(14)4-6-13(7-5-11)10-3-2-9(12)8-10/h9-10,14H,2-8,12H2,1H3. The number of nitrogens with zero attached hydrogens (tertiary/aromatic N) is 1. The number of likely N-dealkylation sites (tertiary alicyclic amines) is 1. The van der Waals surface area contributed by atoms with Crippen molar-refractivity contribution in [1.82, 2.24) is 4.90 Å². The number of piperidine rings is 1. The van der Waals surface area contributed by atoms with Crippen LogP contribution in [0.25, 0.3) is 0 Å². The van der Waals surface area contributed by atoms with Crippen LogP contribution in [-0.2, 0) is 0 Å². The zero-order valence-electron chi connectivity index (χ0n) is 9.08. The Kier molecular flexibility index (Phi) is 2.82. The maximum Gasteiger partial charge on any atom is 0.0644 e. The van der Waals surface area contributed by atoms with Crippen LogP contribution in [0.3, 0.4) is 0 Å². The third-order valence-electron chi connectivity index (χ3n) is 3.84. The van der Waals surface area contributed by atoms with Crippen LogP contribution in [-0.4, -0.2) is 40.8 Å². The Bertz CT molecular complexity index is 195. The summed E-state index contributed by atoms with van der Waals surface area (Å²) < 4.78 is 0. The molecule has 0 spiro atoms. The lowest BCUT2D eigenvalue weighted by molar-refractivity contribution is -0.0158. The first-order chi connectivity index (χ1) is 6.57. The van der Waals surface area contributed by atoms with E-state index in [1.54, 1.807) is 0 Å². The summed E-state index contributed by atoms with van der Waals surface area (Å²) in [5, 5.41) is 9.84. The van der Waals surface area contributed by atoms with Crippen LogP contribution in [0.4, 0.5) is 0 Å². The average molecular weight is 198 g/mol. The minimum atomic E-state index is -0.419. The van der Waals surface area contributed by atoms with E-state index in [1.165, 1.54) is 12.8 Å². The fraction of sp³-hybridized carbons (Fsp3) is 1.00. The molecule has 2 unspecified atom stereocenters. The zero-order valence-corrected chi connectivity index (χ0v) is 9.08. The molecule has 3 nitrogen and oxygen atoms in total. The van der Waals surface area contributed by atoms with Gasteiger partial charge in [0.15, 0.2) is 0 Å². The summed E-state index contributed by atoms with van der Waals surface area (Å²) in [5.41, 5.74) is 5.49. The first-order valence-corrected chi connectivity index (χ1v) is 5.79. The molecule has 0 amide bonds. The van der Waals surface area contributed by atoms with Gasteiger partial charge in [0.2, 0.25) is 0 Å². The smallest absolute Gasteiger partial charge is 0.0644 e. The van der Waals surface area contributed by atoms with Crippen LogP contribution in [0.2, 0.25) is 0 Å². The number of hydrogen-bond donors (Lipinski definition) is 2. The molecule has 2 fully saturated rings. The van der Waals surface area contributed by atoms with Crippen molar-refractivity contribution in [2.75, 3.05) is 13.1 Å². The van der Waals surface area contributed by atoms with Crippen molar-refractivity contribution in [3.05, 3.63) is 0 Å².